The second kappa shape index (κ2) is 7.25. The number of sulfonamides is 1. The summed E-state index contributed by atoms with van der Waals surface area (Å²) < 4.78 is 27.9. The molecule has 1 aliphatic rings. The molecule has 27 heavy (non-hydrogen) atoms. The Morgan fingerprint density at radius 3 is 2.26 bits per heavy atom. The average Bonchev–Trinajstić information content (AvgIpc) is 2.69. The molecule has 3 nitrogen and oxygen atoms in total. The topological polar surface area (TPSA) is 37.4 Å². The molecule has 0 spiro atoms. The van der Waals surface area contributed by atoms with Crippen LogP contribution in [0.3, 0.4) is 0 Å². The van der Waals surface area contributed by atoms with Crippen molar-refractivity contribution in [2.45, 2.75) is 16.7 Å². The van der Waals surface area contributed by atoms with Crippen molar-refractivity contribution in [3.05, 3.63) is 96.1 Å². The predicted molar refractivity (Wildman–Crippen MR) is 112 cm³/mol. The molecular weight excluding hydrogens is 374 g/mol. The van der Waals surface area contributed by atoms with Crippen molar-refractivity contribution in [2.75, 3.05) is 10.8 Å². The van der Waals surface area contributed by atoms with Crippen molar-refractivity contribution in [3.8, 4) is 0 Å². The van der Waals surface area contributed by atoms with Crippen LogP contribution in [-0.2, 0) is 10.0 Å². The van der Waals surface area contributed by atoms with E-state index in [0.717, 1.165) is 26.6 Å². The molecule has 5 heteroatoms. The molecule has 0 saturated carbocycles. The summed E-state index contributed by atoms with van der Waals surface area (Å²) in [6, 6.07) is 24.8. The zero-order valence-corrected chi connectivity index (χ0v) is 16.5. The van der Waals surface area contributed by atoms with Crippen LogP contribution >= 0.6 is 11.8 Å². The number of para-hydroxylation sites is 1. The lowest BCUT2D eigenvalue weighted by molar-refractivity contribution is 0.592. The summed E-state index contributed by atoms with van der Waals surface area (Å²) >= 11 is 1.66. The van der Waals surface area contributed by atoms with E-state index in [0.29, 0.717) is 11.4 Å². The molecule has 4 rings (SSSR count). The Morgan fingerprint density at radius 2 is 1.52 bits per heavy atom. The van der Waals surface area contributed by atoms with Crippen LogP contribution in [0.1, 0.15) is 11.1 Å². The summed E-state index contributed by atoms with van der Waals surface area (Å²) in [5, 5.41) is 0. The Kier molecular flexibility index (Phi) is 4.81. The minimum atomic E-state index is -3.61. The molecule has 0 N–H and O–H groups in total. The normalized spacial score (nSPS) is 13.8. The van der Waals surface area contributed by atoms with Gasteiger partial charge >= 0.3 is 0 Å². The highest BCUT2D eigenvalue weighted by molar-refractivity contribution is 8.08. The molecule has 0 aromatic heterocycles. The quantitative estimate of drug-likeness (QED) is 0.601. The Balaban J connectivity index is 1.73. The van der Waals surface area contributed by atoms with E-state index in [-0.39, 0.29) is 0 Å². The van der Waals surface area contributed by atoms with Gasteiger partial charge in [-0.1, -0.05) is 65.9 Å². The van der Waals surface area contributed by atoms with Gasteiger partial charge in [0, 0.05) is 15.4 Å². The van der Waals surface area contributed by atoms with Gasteiger partial charge in [0.15, 0.2) is 0 Å². The smallest absolute Gasteiger partial charge is 0.262 e. The van der Waals surface area contributed by atoms with Gasteiger partial charge in [-0.05, 0) is 43.3 Å². The lowest BCUT2D eigenvalue weighted by Crippen LogP contribution is -2.33. The van der Waals surface area contributed by atoms with E-state index in [2.05, 4.69) is 12.1 Å². The number of rotatable bonds is 4. The van der Waals surface area contributed by atoms with Gasteiger partial charge < -0.3 is 0 Å². The third-order valence-corrected chi connectivity index (χ3v) is 7.37. The fourth-order valence-corrected chi connectivity index (χ4v) is 5.46. The summed E-state index contributed by atoms with van der Waals surface area (Å²) in [5.41, 5.74) is 2.70. The molecule has 0 bridgehead atoms. The molecule has 0 amide bonds. The second-order valence-electron chi connectivity index (χ2n) is 6.35. The van der Waals surface area contributed by atoms with Gasteiger partial charge in [0.1, 0.15) is 0 Å². The van der Waals surface area contributed by atoms with Crippen LogP contribution in [0, 0.1) is 6.92 Å². The Morgan fingerprint density at radius 1 is 0.852 bits per heavy atom. The largest absolute Gasteiger partial charge is 0.264 e. The maximum absolute atomic E-state index is 13.2. The lowest BCUT2D eigenvalue weighted by Gasteiger charge is -2.30. The number of thioether (sulfide) groups is 1. The van der Waals surface area contributed by atoms with E-state index in [1.165, 1.54) is 4.31 Å². The summed E-state index contributed by atoms with van der Waals surface area (Å²) in [4.78, 5) is 2.52. The molecule has 0 fully saturated rings. The van der Waals surface area contributed by atoms with Gasteiger partial charge in [-0.2, -0.15) is 0 Å². The maximum Gasteiger partial charge on any atom is 0.264 e. The molecule has 0 atom stereocenters. The third-order valence-electron chi connectivity index (χ3n) is 4.46. The van der Waals surface area contributed by atoms with Crippen LogP contribution in [0.2, 0.25) is 0 Å². The lowest BCUT2D eigenvalue weighted by atomic mass is 10.1. The van der Waals surface area contributed by atoms with E-state index in [1.807, 2.05) is 67.6 Å². The van der Waals surface area contributed by atoms with Crippen molar-refractivity contribution in [1.29, 1.82) is 0 Å². The standard InChI is InChI=1S/C22H19NO2S2/c1-17-11-13-19(14-12-17)27(24,25)23-16-15-22(20-9-5-6-10-21(20)23)26-18-7-3-2-4-8-18/h2-15H,16H2,1H3. The van der Waals surface area contributed by atoms with E-state index in [4.69, 9.17) is 0 Å². The molecule has 1 aliphatic heterocycles. The van der Waals surface area contributed by atoms with Crippen LogP contribution < -0.4 is 4.31 Å². The van der Waals surface area contributed by atoms with E-state index in [9.17, 15) is 8.42 Å². The first-order chi connectivity index (χ1) is 13.1. The summed E-state index contributed by atoms with van der Waals surface area (Å²) in [6.45, 7) is 2.27. The molecule has 3 aromatic carbocycles. The molecule has 0 radical (unpaired) electrons. The van der Waals surface area contributed by atoms with E-state index >= 15 is 0 Å². The highest BCUT2D eigenvalue weighted by atomic mass is 32.2. The fraction of sp³-hybridized carbons (Fsp3) is 0.0909. The van der Waals surface area contributed by atoms with Gasteiger partial charge in [-0.3, -0.25) is 4.31 Å². The van der Waals surface area contributed by atoms with Crippen molar-refractivity contribution >= 4 is 32.4 Å². The number of benzene rings is 3. The van der Waals surface area contributed by atoms with Crippen LogP contribution in [-0.4, -0.2) is 15.0 Å². The van der Waals surface area contributed by atoms with Crippen molar-refractivity contribution in [2.24, 2.45) is 0 Å². The minimum Gasteiger partial charge on any atom is -0.262 e. The SMILES string of the molecule is Cc1ccc(S(=O)(=O)N2CC=C(Sc3ccccc3)c3ccccc32)cc1. The van der Waals surface area contributed by atoms with Gasteiger partial charge in [-0.25, -0.2) is 8.42 Å². The number of nitrogens with zero attached hydrogens (tertiary/aromatic N) is 1. The Bertz CT molecular complexity index is 1090. The van der Waals surface area contributed by atoms with Crippen molar-refractivity contribution in [1.82, 2.24) is 0 Å². The number of hydrogen-bond donors (Lipinski definition) is 0. The van der Waals surface area contributed by atoms with Gasteiger partial charge in [0.2, 0.25) is 0 Å². The summed E-state index contributed by atoms with van der Waals surface area (Å²) in [5.74, 6) is 0. The first kappa shape index (κ1) is 17.9. The maximum atomic E-state index is 13.2. The molecule has 1 heterocycles. The molecule has 0 saturated heterocycles. The van der Waals surface area contributed by atoms with Crippen LogP contribution in [0.15, 0.2) is 94.7 Å². The Hall–Kier alpha value is -2.50. The zero-order valence-electron chi connectivity index (χ0n) is 14.9. The van der Waals surface area contributed by atoms with E-state index < -0.39 is 10.0 Å². The minimum absolute atomic E-state index is 0.315. The predicted octanol–water partition coefficient (Wildman–Crippen LogP) is 5.34. The highest BCUT2D eigenvalue weighted by Gasteiger charge is 2.29. The monoisotopic (exact) mass is 393 g/mol. The zero-order chi connectivity index (χ0) is 18.9. The fourth-order valence-electron chi connectivity index (χ4n) is 3.05. The van der Waals surface area contributed by atoms with Gasteiger partial charge in [0.05, 0.1) is 17.1 Å². The molecule has 3 aromatic rings. The van der Waals surface area contributed by atoms with Gasteiger partial charge in [0.25, 0.3) is 10.0 Å². The molecule has 0 unspecified atom stereocenters. The number of anilines is 1. The first-order valence-corrected chi connectivity index (χ1v) is 10.9. The molecule has 0 aliphatic carbocycles. The summed E-state index contributed by atoms with van der Waals surface area (Å²) in [6.07, 6.45) is 1.99. The van der Waals surface area contributed by atoms with E-state index in [1.54, 1.807) is 23.9 Å². The van der Waals surface area contributed by atoms with Crippen LogP contribution in [0.4, 0.5) is 5.69 Å². The van der Waals surface area contributed by atoms with Crippen molar-refractivity contribution in [3.63, 3.8) is 0 Å². The number of fused-ring (bicyclic) bond motifs is 1. The van der Waals surface area contributed by atoms with Crippen LogP contribution in [0.5, 0.6) is 0 Å². The Labute approximate surface area is 164 Å². The second-order valence-corrected chi connectivity index (χ2v) is 9.33. The number of hydrogen-bond acceptors (Lipinski definition) is 3. The molecular formula is C22H19NO2S2. The third kappa shape index (κ3) is 3.53. The van der Waals surface area contributed by atoms with Crippen molar-refractivity contribution < 1.29 is 8.42 Å². The first-order valence-electron chi connectivity index (χ1n) is 8.67. The highest BCUT2D eigenvalue weighted by Crippen LogP contribution is 2.42. The summed E-state index contributed by atoms with van der Waals surface area (Å²) in [7, 11) is -3.61. The van der Waals surface area contributed by atoms with Gasteiger partial charge in [-0.15, -0.1) is 0 Å². The molecule has 136 valence electrons. The number of aryl methyl sites for hydroxylation is 1. The average molecular weight is 394 g/mol. The van der Waals surface area contributed by atoms with Crippen LogP contribution in [0.25, 0.3) is 4.91 Å².